The molecule has 2 aromatic carbocycles. The van der Waals surface area contributed by atoms with Crippen molar-refractivity contribution in [1.82, 2.24) is 14.1 Å². The number of nitriles is 1. The van der Waals surface area contributed by atoms with E-state index in [4.69, 9.17) is 22.1 Å². The number of sulfonamides is 1. The van der Waals surface area contributed by atoms with Gasteiger partial charge in [-0.3, -0.25) is 4.79 Å². The topological polar surface area (TPSA) is 135 Å². The van der Waals surface area contributed by atoms with Crippen LogP contribution in [0.25, 0.3) is 5.69 Å². The minimum Gasteiger partial charge on any atom is -0.486 e. The van der Waals surface area contributed by atoms with E-state index in [0.717, 1.165) is 12.8 Å². The van der Waals surface area contributed by atoms with Crippen molar-refractivity contribution in [2.75, 3.05) is 43.4 Å². The predicted octanol–water partition coefficient (Wildman–Crippen LogP) is 3.17. The van der Waals surface area contributed by atoms with E-state index in [1.165, 1.54) is 15.1 Å². The largest absolute Gasteiger partial charge is 0.486 e. The summed E-state index contributed by atoms with van der Waals surface area (Å²) in [6.07, 6.45) is 3.67. The van der Waals surface area contributed by atoms with Gasteiger partial charge >= 0.3 is 5.56 Å². The lowest BCUT2D eigenvalue weighted by molar-refractivity contribution is 0.242. The van der Waals surface area contributed by atoms with Crippen molar-refractivity contribution < 1.29 is 13.2 Å². The van der Waals surface area contributed by atoms with Gasteiger partial charge in [-0.1, -0.05) is 30.7 Å². The zero-order valence-electron chi connectivity index (χ0n) is 21.5. The zero-order chi connectivity index (χ0) is 27.8. The molecule has 0 radical (unpaired) electrons. The lowest BCUT2D eigenvalue weighted by Crippen LogP contribution is -2.49. The molecule has 2 N–H and O–H groups in total. The lowest BCUT2D eigenvalue weighted by Gasteiger charge is -2.35. The Morgan fingerprint density at radius 3 is 2.56 bits per heavy atom. The van der Waals surface area contributed by atoms with E-state index in [0.29, 0.717) is 47.3 Å². The first-order chi connectivity index (χ1) is 18.6. The number of anilines is 2. The molecule has 5 rings (SSSR count). The number of aromatic nitrogens is 2. The first-order valence-corrected chi connectivity index (χ1v) is 14.6. The van der Waals surface area contributed by atoms with Crippen molar-refractivity contribution in [2.24, 2.45) is 5.41 Å². The van der Waals surface area contributed by atoms with E-state index in [9.17, 15) is 18.5 Å². The Morgan fingerprint density at radius 2 is 1.90 bits per heavy atom. The van der Waals surface area contributed by atoms with Crippen LogP contribution in [-0.2, 0) is 15.8 Å². The molecule has 204 valence electrons. The molecule has 0 amide bonds. The van der Waals surface area contributed by atoms with E-state index in [1.54, 1.807) is 42.6 Å². The maximum Gasteiger partial charge on any atom is 0.316 e. The van der Waals surface area contributed by atoms with Gasteiger partial charge < -0.3 is 15.4 Å². The number of benzene rings is 2. The van der Waals surface area contributed by atoms with Crippen LogP contribution < -0.4 is 20.9 Å². The lowest BCUT2D eigenvalue weighted by atomic mass is 10.1. The molecule has 39 heavy (non-hydrogen) atoms. The number of hydrogen-bond donors (Lipinski definition) is 1. The number of hydrogen-bond acceptors (Lipinski definition) is 8. The molecule has 10 nitrogen and oxygen atoms in total. The van der Waals surface area contributed by atoms with Crippen LogP contribution >= 0.6 is 11.6 Å². The minimum absolute atomic E-state index is 0.0498. The number of nitrogen functional groups attached to an aromatic ring is 1. The van der Waals surface area contributed by atoms with E-state index in [-0.39, 0.29) is 35.6 Å². The van der Waals surface area contributed by atoms with Crippen LogP contribution in [-0.4, -0.2) is 55.3 Å². The molecule has 12 heteroatoms. The zero-order valence-corrected chi connectivity index (χ0v) is 23.1. The van der Waals surface area contributed by atoms with Crippen molar-refractivity contribution in [1.29, 1.82) is 5.26 Å². The monoisotopic (exact) mass is 568 g/mol. The van der Waals surface area contributed by atoms with Gasteiger partial charge in [0.2, 0.25) is 15.8 Å². The van der Waals surface area contributed by atoms with Gasteiger partial charge in [-0.05, 0) is 48.7 Å². The number of piperazine rings is 1. The van der Waals surface area contributed by atoms with E-state index < -0.39 is 15.6 Å². The van der Waals surface area contributed by atoms with Crippen LogP contribution in [0.4, 0.5) is 11.4 Å². The highest BCUT2D eigenvalue weighted by Crippen LogP contribution is 2.45. The fraction of sp³-hybridized carbons (Fsp3) is 0.370. The van der Waals surface area contributed by atoms with Gasteiger partial charge in [0.1, 0.15) is 11.8 Å². The third-order valence-electron chi connectivity index (χ3n) is 7.20. The van der Waals surface area contributed by atoms with E-state index in [1.807, 2.05) is 11.0 Å². The minimum atomic E-state index is -3.64. The van der Waals surface area contributed by atoms with Gasteiger partial charge in [0.25, 0.3) is 0 Å². The molecule has 1 aliphatic carbocycles. The highest BCUT2D eigenvalue weighted by atomic mass is 35.5. The summed E-state index contributed by atoms with van der Waals surface area (Å²) in [5.41, 5.74) is 7.55. The Kier molecular flexibility index (Phi) is 7.29. The predicted molar refractivity (Wildman–Crippen MR) is 150 cm³/mol. The Hall–Kier alpha value is -3.59. The second-order valence-corrected chi connectivity index (χ2v) is 12.7. The van der Waals surface area contributed by atoms with Crippen molar-refractivity contribution in [2.45, 2.75) is 25.5 Å². The molecule has 0 unspecified atom stereocenters. The Balaban J connectivity index is 1.36. The van der Waals surface area contributed by atoms with Crippen molar-refractivity contribution in [3.63, 3.8) is 0 Å². The second kappa shape index (κ2) is 10.5. The SMILES string of the molecule is CC1(COc2c(N3CCN(S(=O)(=O)Cc4ccc(N)c(C#N)c4)CC3)cnn(-c3cccc(Cl)c3)c2=O)CC1. The highest BCUT2D eigenvalue weighted by molar-refractivity contribution is 7.88. The fourth-order valence-corrected chi connectivity index (χ4v) is 6.17. The van der Waals surface area contributed by atoms with E-state index in [2.05, 4.69) is 12.0 Å². The third-order valence-corrected chi connectivity index (χ3v) is 9.28. The molecule has 3 aromatic rings. The number of ether oxygens (including phenoxy) is 1. The molecule has 0 bridgehead atoms. The Bertz CT molecular complexity index is 1610. The smallest absolute Gasteiger partial charge is 0.316 e. The summed E-state index contributed by atoms with van der Waals surface area (Å²) >= 11 is 6.14. The van der Waals surface area contributed by atoms with Crippen LogP contribution in [0.1, 0.15) is 30.9 Å². The summed E-state index contributed by atoms with van der Waals surface area (Å²) in [5.74, 6) is -0.0353. The van der Waals surface area contributed by atoms with Crippen molar-refractivity contribution in [3.05, 3.63) is 75.2 Å². The number of nitrogens with two attached hydrogens (primary N) is 1. The molecule has 0 atom stereocenters. The summed E-state index contributed by atoms with van der Waals surface area (Å²) < 4.78 is 35.1. The molecule has 1 saturated heterocycles. The second-order valence-electron chi connectivity index (χ2n) is 10.3. The first kappa shape index (κ1) is 27.0. The van der Waals surface area contributed by atoms with E-state index >= 15 is 0 Å². The Morgan fingerprint density at radius 1 is 1.15 bits per heavy atom. The third kappa shape index (κ3) is 5.88. The van der Waals surface area contributed by atoms with Gasteiger partial charge in [0, 0.05) is 42.3 Å². The summed E-state index contributed by atoms with van der Waals surface area (Å²) in [4.78, 5) is 15.5. The maximum atomic E-state index is 13.6. The normalized spacial score (nSPS) is 17.0. The standard InChI is InChI=1S/C27H29ClN6O4S/c1-27(7-8-27)18-38-25-24(16-31-34(26(25)35)22-4-2-3-21(28)14-22)32-9-11-33(12-10-32)39(36,37)17-19-5-6-23(30)20(13-19)15-29/h2-6,13-14,16H,7-12,17-18,30H2,1H3. The van der Waals surface area contributed by atoms with Crippen molar-refractivity contribution >= 4 is 33.0 Å². The van der Waals surface area contributed by atoms with Crippen LogP contribution in [0.15, 0.2) is 53.5 Å². The van der Waals surface area contributed by atoms with Gasteiger partial charge in [-0.25, -0.2) is 8.42 Å². The van der Waals surface area contributed by atoms with Crippen molar-refractivity contribution in [3.8, 4) is 17.5 Å². The average Bonchev–Trinajstić information content (AvgIpc) is 3.66. The average molecular weight is 569 g/mol. The van der Waals surface area contributed by atoms with Gasteiger partial charge in [0.05, 0.1) is 29.8 Å². The van der Waals surface area contributed by atoms with Gasteiger partial charge in [0.15, 0.2) is 0 Å². The molecular weight excluding hydrogens is 540 g/mol. The summed E-state index contributed by atoms with van der Waals surface area (Å²) in [7, 11) is -3.64. The first-order valence-electron chi connectivity index (χ1n) is 12.6. The fourth-order valence-electron chi connectivity index (χ4n) is 4.49. The van der Waals surface area contributed by atoms with Crippen LogP contribution in [0, 0.1) is 16.7 Å². The number of halogens is 1. The highest BCUT2D eigenvalue weighted by Gasteiger charge is 2.39. The number of rotatable bonds is 8. The van der Waals surface area contributed by atoms with Gasteiger partial charge in [-0.15, -0.1) is 0 Å². The summed E-state index contributed by atoms with van der Waals surface area (Å²) in [6, 6.07) is 13.5. The molecule has 2 fully saturated rings. The maximum absolute atomic E-state index is 13.6. The Labute approximate surface area is 232 Å². The summed E-state index contributed by atoms with van der Waals surface area (Å²) in [6.45, 7) is 3.72. The van der Waals surface area contributed by atoms with Crippen LogP contribution in [0.3, 0.4) is 0 Å². The van der Waals surface area contributed by atoms with Gasteiger partial charge in [-0.2, -0.15) is 19.3 Å². The molecule has 2 aliphatic rings. The molecule has 0 spiro atoms. The summed E-state index contributed by atoms with van der Waals surface area (Å²) in [5, 5.41) is 14.1. The number of nitrogens with zero attached hydrogens (tertiary/aromatic N) is 5. The quantitative estimate of drug-likeness (QED) is 0.409. The molecule has 2 heterocycles. The van der Waals surface area contributed by atoms with Crippen LogP contribution in [0.5, 0.6) is 5.75 Å². The van der Waals surface area contributed by atoms with Crippen LogP contribution in [0.2, 0.25) is 5.02 Å². The molecule has 1 saturated carbocycles. The molecule has 1 aliphatic heterocycles. The molecular formula is C27H29ClN6O4S. The molecule has 1 aromatic heterocycles.